The van der Waals surface area contributed by atoms with Gasteiger partial charge in [-0.25, -0.2) is 10.1 Å². The molecule has 0 heterocycles. The Morgan fingerprint density at radius 3 is 1.98 bits per heavy atom. The molecule has 0 aliphatic carbocycles. The van der Waals surface area contributed by atoms with E-state index in [-0.39, 0.29) is 37.3 Å². The van der Waals surface area contributed by atoms with Gasteiger partial charge >= 0.3 is 0 Å². The minimum Gasteiger partial charge on any atom is -0.368 e. The van der Waals surface area contributed by atoms with Crippen LogP contribution in [0.4, 0.5) is 5.69 Å². The van der Waals surface area contributed by atoms with Crippen molar-refractivity contribution in [3.05, 3.63) is 112 Å². The average molecular weight is 560 g/mol. The van der Waals surface area contributed by atoms with Gasteiger partial charge in [0.05, 0.1) is 5.92 Å². The fraction of sp³-hybridized carbons (Fsp3) is 0.241. The number of hydrazone groups is 1. The van der Waals surface area contributed by atoms with E-state index in [1.165, 1.54) is 11.8 Å². The third-order valence-corrected chi connectivity index (χ3v) is 6.28. The molecule has 0 saturated heterocycles. The number of benzene rings is 3. The van der Waals surface area contributed by atoms with Gasteiger partial charge in [0.25, 0.3) is 5.96 Å². The highest BCUT2D eigenvalue weighted by atomic mass is 16.7. The van der Waals surface area contributed by atoms with E-state index in [1.54, 1.807) is 24.3 Å². The van der Waals surface area contributed by atoms with Gasteiger partial charge in [0.2, 0.25) is 17.7 Å². The van der Waals surface area contributed by atoms with Crippen LogP contribution in [0.25, 0.3) is 0 Å². The van der Waals surface area contributed by atoms with Crippen molar-refractivity contribution in [2.45, 2.75) is 38.3 Å². The van der Waals surface area contributed by atoms with Crippen molar-refractivity contribution < 1.29 is 19.4 Å². The average Bonchev–Trinajstić information content (AvgIpc) is 2.93. The van der Waals surface area contributed by atoms with Crippen LogP contribution in [0.1, 0.15) is 42.4 Å². The summed E-state index contributed by atoms with van der Waals surface area (Å²) in [7, 11) is 0. The molecule has 0 unspecified atom stereocenters. The van der Waals surface area contributed by atoms with E-state index >= 15 is 0 Å². The number of nitro groups is 1. The highest BCUT2D eigenvalue weighted by Gasteiger charge is 2.34. The van der Waals surface area contributed by atoms with E-state index in [9.17, 15) is 24.5 Å². The van der Waals surface area contributed by atoms with Crippen LogP contribution >= 0.6 is 0 Å². The number of hydrogen-bond acceptors (Lipinski definition) is 5. The molecule has 0 fully saturated rings. The Bertz CT molecular complexity index is 1330. The molecule has 214 valence electrons. The van der Waals surface area contributed by atoms with Gasteiger partial charge < -0.3 is 27.0 Å². The van der Waals surface area contributed by atoms with Gasteiger partial charge in [0.1, 0.15) is 11.1 Å². The lowest BCUT2D eigenvalue weighted by Gasteiger charge is -2.33. The molecule has 3 rings (SSSR count). The SMILES string of the molecule is CC(=O)Nc1ccc(CN(C(=O)C(c2ccccc2)c2ccccc2)[C@H](CCCNC(N)=N[N+](=O)[O-])C(N)=O)cc1. The van der Waals surface area contributed by atoms with Crippen molar-refractivity contribution in [2.24, 2.45) is 16.6 Å². The molecule has 3 amide bonds. The lowest BCUT2D eigenvalue weighted by molar-refractivity contribution is -0.485. The second kappa shape index (κ2) is 14.8. The Kier molecular flexibility index (Phi) is 10.9. The first-order valence-corrected chi connectivity index (χ1v) is 12.9. The number of anilines is 1. The molecular weight excluding hydrogens is 526 g/mol. The fourth-order valence-corrected chi connectivity index (χ4v) is 4.46. The number of guanidine groups is 1. The van der Waals surface area contributed by atoms with Gasteiger partial charge in [-0.05, 0) is 41.7 Å². The quantitative estimate of drug-likeness (QED) is 0.0814. The highest BCUT2D eigenvalue weighted by molar-refractivity contribution is 5.92. The van der Waals surface area contributed by atoms with E-state index in [4.69, 9.17) is 11.5 Å². The number of primary amides is 1. The summed E-state index contributed by atoms with van der Waals surface area (Å²) in [5.41, 5.74) is 14.2. The zero-order valence-electron chi connectivity index (χ0n) is 22.6. The number of nitrogens with two attached hydrogens (primary N) is 2. The topological polar surface area (TPSA) is 186 Å². The Balaban J connectivity index is 1.96. The van der Waals surface area contributed by atoms with Gasteiger partial charge in [-0.3, -0.25) is 14.4 Å². The summed E-state index contributed by atoms with van der Waals surface area (Å²) in [4.78, 5) is 50.6. The molecule has 0 aliphatic rings. The number of carbonyl (C=O) groups excluding carboxylic acids is 3. The van der Waals surface area contributed by atoms with Gasteiger partial charge in [-0.1, -0.05) is 72.8 Å². The van der Waals surface area contributed by atoms with Crippen molar-refractivity contribution in [1.29, 1.82) is 0 Å². The highest BCUT2D eigenvalue weighted by Crippen LogP contribution is 2.29. The van der Waals surface area contributed by atoms with E-state index in [0.717, 1.165) is 16.7 Å². The molecule has 6 N–H and O–H groups in total. The van der Waals surface area contributed by atoms with Crippen LogP contribution in [0.2, 0.25) is 0 Å². The van der Waals surface area contributed by atoms with Crippen LogP contribution in [0, 0.1) is 10.1 Å². The Labute approximate surface area is 237 Å². The molecule has 3 aromatic carbocycles. The van der Waals surface area contributed by atoms with E-state index in [0.29, 0.717) is 12.1 Å². The summed E-state index contributed by atoms with van der Waals surface area (Å²) in [5.74, 6) is -2.31. The first kappa shape index (κ1) is 30.3. The van der Waals surface area contributed by atoms with Crippen molar-refractivity contribution in [2.75, 3.05) is 11.9 Å². The van der Waals surface area contributed by atoms with Crippen LogP contribution in [0.5, 0.6) is 0 Å². The third kappa shape index (κ3) is 9.17. The number of hydrogen-bond donors (Lipinski definition) is 4. The van der Waals surface area contributed by atoms with Crippen LogP contribution in [-0.2, 0) is 20.9 Å². The third-order valence-electron chi connectivity index (χ3n) is 6.28. The number of amides is 3. The van der Waals surface area contributed by atoms with E-state index in [1.807, 2.05) is 60.7 Å². The molecule has 12 heteroatoms. The predicted molar refractivity (Wildman–Crippen MR) is 155 cm³/mol. The maximum atomic E-state index is 14.4. The maximum Gasteiger partial charge on any atom is 0.266 e. The minimum atomic E-state index is -0.997. The van der Waals surface area contributed by atoms with Gasteiger partial charge in [0, 0.05) is 25.7 Å². The normalized spacial score (nSPS) is 11.9. The molecule has 1 atom stereocenters. The van der Waals surface area contributed by atoms with Crippen LogP contribution < -0.4 is 22.1 Å². The zero-order chi connectivity index (χ0) is 29.8. The Morgan fingerprint density at radius 1 is 0.927 bits per heavy atom. The smallest absolute Gasteiger partial charge is 0.266 e. The molecule has 0 aromatic heterocycles. The summed E-state index contributed by atoms with van der Waals surface area (Å²) in [6.07, 6.45) is 0.480. The number of nitrogens with zero attached hydrogens (tertiary/aromatic N) is 3. The molecule has 12 nitrogen and oxygen atoms in total. The fourth-order valence-electron chi connectivity index (χ4n) is 4.46. The van der Waals surface area contributed by atoms with Gasteiger partial charge in [-0.15, -0.1) is 0 Å². The minimum absolute atomic E-state index is 0.0707. The predicted octanol–water partition coefficient (Wildman–Crippen LogP) is 2.54. The summed E-state index contributed by atoms with van der Waals surface area (Å²) in [5, 5.41) is 17.9. The summed E-state index contributed by atoms with van der Waals surface area (Å²) >= 11 is 0. The van der Waals surface area contributed by atoms with Crippen LogP contribution in [-0.4, -0.2) is 46.2 Å². The molecule has 3 aromatic rings. The number of rotatable bonds is 13. The second-order valence-electron chi connectivity index (χ2n) is 9.31. The Hall–Kier alpha value is -5.26. The van der Waals surface area contributed by atoms with Crippen molar-refractivity contribution in [3.8, 4) is 0 Å². The largest absolute Gasteiger partial charge is 0.368 e. The monoisotopic (exact) mass is 559 g/mol. The molecule has 0 saturated carbocycles. The maximum absolute atomic E-state index is 14.4. The van der Waals surface area contributed by atoms with Crippen molar-refractivity contribution >= 4 is 29.4 Å². The van der Waals surface area contributed by atoms with Crippen molar-refractivity contribution in [3.63, 3.8) is 0 Å². The Morgan fingerprint density at radius 2 is 1.49 bits per heavy atom. The second-order valence-corrected chi connectivity index (χ2v) is 9.31. The van der Waals surface area contributed by atoms with Gasteiger partial charge in [0.15, 0.2) is 5.03 Å². The van der Waals surface area contributed by atoms with Crippen molar-refractivity contribution in [1.82, 2.24) is 10.2 Å². The standard InChI is InChI=1S/C29H33N7O5/c1-20(37)33-24-16-14-21(15-17-24)19-35(25(27(30)38)13-8-18-32-29(31)34-36(40)41)28(39)26(22-9-4-2-5-10-22)23-11-6-3-7-12-23/h2-7,9-12,14-17,25-26H,8,13,18-19H2,1H3,(H2,30,38)(H,33,37)(H3,31,32,34)/t25-/m1/s1. The lowest BCUT2D eigenvalue weighted by Crippen LogP contribution is -2.49. The molecular formula is C29H33N7O5. The van der Waals surface area contributed by atoms with Crippen LogP contribution in [0.3, 0.4) is 0 Å². The summed E-state index contributed by atoms with van der Waals surface area (Å²) < 4.78 is 0. The van der Waals surface area contributed by atoms with E-state index in [2.05, 4.69) is 15.7 Å². The molecule has 0 bridgehead atoms. The first-order chi connectivity index (χ1) is 19.7. The summed E-state index contributed by atoms with van der Waals surface area (Å²) in [6, 6.07) is 24.5. The van der Waals surface area contributed by atoms with Gasteiger partial charge in [-0.2, -0.15) is 0 Å². The zero-order valence-corrected chi connectivity index (χ0v) is 22.6. The summed E-state index contributed by atoms with van der Waals surface area (Å²) in [6.45, 7) is 1.65. The molecule has 41 heavy (non-hydrogen) atoms. The number of carbonyl (C=O) groups is 3. The first-order valence-electron chi connectivity index (χ1n) is 12.9. The lowest BCUT2D eigenvalue weighted by atomic mass is 9.89. The number of nitrogens with one attached hydrogen (secondary N) is 2. The molecule has 0 aliphatic heterocycles. The molecule has 0 spiro atoms. The van der Waals surface area contributed by atoms with Crippen LogP contribution in [0.15, 0.2) is 90.0 Å². The molecule has 0 radical (unpaired) electrons. The van der Waals surface area contributed by atoms with E-state index < -0.39 is 22.9 Å².